The van der Waals surface area contributed by atoms with Crippen molar-refractivity contribution in [1.82, 2.24) is 0 Å². The highest BCUT2D eigenvalue weighted by atomic mass is 35.5. The third-order valence-electron chi connectivity index (χ3n) is 1.80. The van der Waals surface area contributed by atoms with Gasteiger partial charge in [-0.3, -0.25) is 0 Å². The first kappa shape index (κ1) is 9.99. The Labute approximate surface area is 92.1 Å². The maximum Gasteiger partial charge on any atom is 0.167 e. The summed E-state index contributed by atoms with van der Waals surface area (Å²) in [6.45, 7) is 0. The molecule has 1 radical (unpaired) electrons. The molecule has 0 aliphatic rings. The van der Waals surface area contributed by atoms with E-state index in [2.05, 4.69) is 6.07 Å². The Bertz CT molecular complexity index is 456. The number of hydrogen-bond acceptors (Lipinski definition) is 1. The molecule has 0 saturated heterocycles. The highest BCUT2D eigenvalue weighted by Crippen LogP contribution is 2.26. The van der Waals surface area contributed by atoms with E-state index in [1.165, 1.54) is 12.1 Å². The van der Waals surface area contributed by atoms with Crippen molar-refractivity contribution < 1.29 is 9.13 Å². The van der Waals surface area contributed by atoms with Gasteiger partial charge < -0.3 is 4.74 Å². The summed E-state index contributed by atoms with van der Waals surface area (Å²) in [5.74, 6) is 0.212. The van der Waals surface area contributed by atoms with Gasteiger partial charge in [0.25, 0.3) is 0 Å². The van der Waals surface area contributed by atoms with Crippen LogP contribution in [0.4, 0.5) is 4.39 Å². The number of halogens is 2. The SMILES string of the molecule is Fc1cc(Cl)ccc1Oc1c[c]ccc1. The van der Waals surface area contributed by atoms with Crippen LogP contribution in [0.5, 0.6) is 11.5 Å². The average Bonchev–Trinajstić information content (AvgIpc) is 2.24. The van der Waals surface area contributed by atoms with Crippen LogP contribution in [-0.2, 0) is 0 Å². The number of rotatable bonds is 2. The van der Waals surface area contributed by atoms with Gasteiger partial charge in [-0.05, 0) is 36.4 Å². The Balaban J connectivity index is 2.25. The van der Waals surface area contributed by atoms with Gasteiger partial charge in [-0.2, -0.15) is 0 Å². The van der Waals surface area contributed by atoms with Gasteiger partial charge in [0, 0.05) is 5.02 Å². The Hall–Kier alpha value is -1.54. The van der Waals surface area contributed by atoms with E-state index in [4.69, 9.17) is 16.3 Å². The van der Waals surface area contributed by atoms with Crippen molar-refractivity contribution in [1.29, 1.82) is 0 Å². The summed E-state index contributed by atoms with van der Waals surface area (Å²) in [6, 6.07) is 14.0. The lowest BCUT2D eigenvalue weighted by atomic mass is 10.3. The van der Waals surface area contributed by atoms with Crippen LogP contribution in [0.15, 0.2) is 42.5 Å². The molecular formula is C12H7ClFO. The summed E-state index contributed by atoms with van der Waals surface area (Å²) < 4.78 is 18.6. The Morgan fingerprint density at radius 3 is 2.80 bits per heavy atom. The molecule has 0 aromatic heterocycles. The molecular weight excluding hydrogens is 215 g/mol. The molecule has 2 rings (SSSR count). The van der Waals surface area contributed by atoms with E-state index < -0.39 is 5.82 Å². The smallest absolute Gasteiger partial charge is 0.167 e. The lowest BCUT2D eigenvalue weighted by Crippen LogP contribution is -1.87. The Morgan fingerprint density at radius 1 is 1.27 bits per heavy atom. The van der Waals surface area contributed by atoms with E-state index in [-0.39, 0.29) is 5.75 Å². The number of benzene rings is 2. The monoisotopic (exact) mass is 221 g/mol. The van der Waals surface area contributed by atoms with E-state index in [0.717, 1.165) is 0 Å². The molecule has 0 N–H and O–H groups in total. The third kappa shape index (κ3) is 2.48. The van der Waals surface area contributed by atoms with Crippen LogP contribution in [0.3, 0.4) is 0 Å². The lowest BCUT2D eigenvalue weighted by molar-refractivity contribution is 0.442. The van der Waals surface area contributed by atoms with E-state index in [0.29, 0.717) is 10.8 Å². The van der Waals surface area contributed by atoms with Crippen LogP contribution >= 0.6 is 11.6 Å². The van der Waals surface area contributed by atoms with Crippen molar-refractivity contribution in [2.45, 2.75) is 0 Å². The fourth-order valence-corrected chi connectivity index (χ4v) is 1.28. The van der Waals surface area contributed by atoms with E-state index in [1.807, 2.05) is 0 Å². The summed E-state index contributed by atoms with van der Waals surface area (Å²) in [7, 11) is 0. The average molecular weight is 222 g/mol. The molecule has 0 unspecified atom stereocenters. The minimum absolute atomic E-state index is 0.152. The first-order valence-corrected chi connectivity index (χ1v) is 4.72. The highest BCUT2D eigenvalue weighted by molar-refractivity contribution is 6.30. The second-order valence-electron chi connectivity index (χ2n) is 2.92. The first-order chi connectivity index (χ1) is 7.25. The summed E-state index contributed by atoms with van der Waals surface area (Å²) >= 11 is 5.62. The third-order valence-corrected chi connectivity index (χ3v) is 2.04. The second kappa shape index (κ2) is 4.32. The molecule has 0 fully saturated rings. The van der Waals surface area contributed by atoms with Crippen LogP contribution in [0.1, 0.15) is 0 Å². The fraction of sp³-hybridized carbons (Fsp3) is 0. The molecule has 0 aliphatic carbocycles. The maximum absolute atomic E-state index is 13.3. The zero-order chi connectivity index (χ0) is 10.7. The molecule has 0 heterocycles. The van der Waals surface area contributed by atoms with Gasteiger partial charge in [-0.25, -0.2) is 4.39 Å². The fourth-order valence-electron chi connectivity index (χ4n) is 1.13. The summed E-state index contributed by atoms with van der Waals surface area (Å²) in [4.78, 5) is 0. The maximum atomic E-state index is 13.3. The standard InChI is InChI=1S/C12H7ClFO/c13-9-6-7-12(11(14)8-9)15-10-4-2-1-3-5-10/h1-2,4-8H. The van der Waals surface area contributed by atoms with E-state index >= 15 is 0 Å². The second-order valence-corrected chi connectivity index (χ2v) is 3.35. The Morgan fingerprint density at radius 2 is 2.13 bits per heavy atom. The van der Waals surface area contributed by atoms with E-state index in [9.17, 15) is 4.39 Å². The van der Waals surface area contributed by atoms with Crippen molar-refractivity contribution in [3.05, 3.63) is 59.4 Å². The van der Waals surface area contributed by atoms with Gasteiger partial charge in [-0.15, -0.1) is 0 Å². The molecule has 2 aromatic rings. The van der Waals surface area contributed by atoms with Crippen molar-refractivity contribution >= 4 is 11.6 Å². The van der Waals surface area contributed by atoms with Gasteiger partial charge in [0.2, 0.25) is 0 Å². The first-order valence-electron chi connectivity index (χ1n) is 4.35. The molecule has 0 saturated carbocycles. The zero-order valence-electron chi connectivity index (χ0n) is 7.71. The highest BCUT2D eigenvalue weighted by Gasteiger charge is 2.04. The predicted octanol–water partition coefficient (Wildman–Crippen LogP) is 4.07. The molecule has 1 nitrogen and oxygen atoms in total. The molecule has 0 atom stereocenters. The van der Waals surface area contributed by atoms with Crippen LogP contribution in [0.2, 0.25) is 5.02 Å². The van der Waals surface area contributed by atoms with Gasteiger partial charge in [0.15, 0.2) is 11.6 Å². The van der Waals surface area contributed by atoms with Crippen molar-refractivity contribution in [3.63, 3.8) is 0 Å². The van der Waals surface area contributed by atoms with Gasteiger partial charge in [0.05, 0.1) is 0 Å². The van der Waals surface area contributed by atoms with Crippen LogP contribution in [0, 0.1) is 11.9 Å². The van der Waals surface area contributed by atoms with Crippen LogP contribution in [-0.4, -0.2) is 0 Å². The van der Waals surface area contributed by atoms with Gasteiger partial charge in [0.1, 0.15) is 5.75 Å². The molecule has 3 heteroatoms. The molecule has 0 amide bonds. The molecule has 0 spiro atoms. The summed E-state index contributed by atoms with van der Waals surface area (Å²) in [5, 5.41) is 0.347. The van der Waals surface area contributed by atoms with Crippen molar-refractivity contribution in [3.8, 4) is 11.5 Å². The predicted molar refractivity (Wildman–Crippen MR) is 56.8 cm³/mol. The summed E-state index contributed by atoms with van der Waals surface area (Å²) in [6.07, 6.45) is 0. The minimum atomic E-state index is -0.480. The molecule has 2 aromatic carbocycles. The summed E-state index contributed by atoms with van der Waals surface area (Å²) in [5.41, 5.74) is 0. The van der Waals surface area contributed by atoms with Crippen molar-refractivity contribution in [2.24, 2.45) is 0 Å². The van der Waals surface area contributed by atoms with Gasteiger partial charge >= 0.3 is 0 Å². The number of hydrogen-bond donors (Lipinski definition) is 0. The molecule has 0 bridgehead atoms. The molecule has 0 aliphatic heterocycles. The van der Waals surface area contributed by atoms with Gasteiger partial charge in [-0.1, -0.05) is 23.7 Å². The minimum Gasteiger partial charge on any atom is -0.454 e. The normalized spacial score (nSPS) is 10.0. The quantitative estimate of drug-likeness (QED) is 0.743. The molecule has 75 valence electrons. The van der Waals surface area contributed by atoms with Crippen molar-refractivity contribution in [2.75, 3.05) is 0 Å². The van der Waals surface area contributed by atoms with Crippen LogP contribution in [0.25, 0.3) is 0 Å². The van der Waals surface area contributed by atoms with Crippen LogP contribution < -0.4 is 4.74 Å². The largest absolute Gasteiger partial charge is 0.454 e. The Kier molecular flexibility index (Phi) is 2.88. The lowest BCUT2D eigenvalue weighted by Gasteiger charge is -2.06. The van der Waals surface area contributed by atoms with E-state index in [1.54, 1.807) is 30.3 Å². The molecule has 15 heavy (non-hydrogen) atoms. The zero-order valence-corrected chi connectivity index (χ0v) is 8.46. The topological polar surface area (TPSA) is 9.23 Å². The number of ether oxygens (including phenoxy) is 1.